The fraction of sp³-hybridized carbons (Fsp3) is 0.486. The van der Waals surface area contributed by atoms with Crippen molar-refractivity contribution in [2.24, 2.45) is 0 Å². The van der Waals surface area contributed by atoms with E-state index in [0.717, 1.165) is 79.1 Å². The number of hydrogen-bond acceptors (Lipinski definition) is 6. The molecular formula is C37H47N5O3. The highest BCUT2D eigenvalue weighted by molar-refractivity contribution is 5.90. The average molecular weight is 610 g/mol. The van der Waals surface area contributed by atoms with E-state index in [2.05, 4.69) is 90.0 Å². The van der Waals surface area contributed by atoms with Gasteiger partial charge in [-0.3, -0.25) is 14.1 Å². The first-order chi connectivity index (χ1) is 21.5. The molecule has 1 amide bonds. The molecule has 1 aliphatic carbocycles. The third-order valence-corrected chi connectivity index (χ3v) is 9.98. The molecule has 2 aromatic carbocycles. The molecule has 238 valence electrons. The van der Waals surface area contributed by atoms with Crippen LogP contribution in [0.5, 0.6) is 5.75 Å². The zero-order chi connectivity index (χ0) is 31.8. The van der Waals surface area contributed by atoms with Crippen molar-refractivity contribution in [1.29, 1.82) is 0 Å². The van der Waals surface area contributed by atoms with Gasteiger partial charge in [0, 0.05) is 12.1 Å². The van der Waals surface area contributed by atoms with E-state index < -0.39 is 0 Å². The van der Waals surface area contributed by atoms with E-state index in [0.29, 0.717) is 12.3 Å². The maximum absolute atomic E-state index is 12.9. The van der Waals surface area contributed by atoms with Crippen molar-refractivity contribution in [1.82, 2.24) is 19.5 Å². The molecule has 2 aliphatic rings. The summed E-state index contributed by atoms with van der Waals surface area (Å²) < 4.78 is 8.78. The number of benzene rings is 2. The van der Waals surface area contributed by atoms with Gasteiger partial charge in [0.15, 0.2) is 11.5 Å². The summed E-state index contributed by atoms with van der Waals surface area (Å²) in [4.78, 5) is 15.3. The highest BCUT2D eigenvalue weighted by Gasteiger charge is 2.39. The Labute approximate surface area is 266 Å². The van der Waals surface area contributed by atoms with Crippen LogP contribution in [-0.2, 0) is 22.4 Å². The molecule has 3 heterocycles. The molecular weight excluding hydrogens is 562 g/mol. The van der Waals surface area contributed by atoms with Gasteiger partial charge in [-0.05, 0) is 117 Å². The Hall–Kier alpha value is -3.75. The third-order valence-electron chi connectivity index (χ3n) is 9.98. The van der Waals surface area contributed by atoms with Crippen molar-refractivity contribution in [2.45, 2.75) is 102 Å². The highest BCUT2D eigenvalue weighted by atomic mass is 16.5. The smallest absolute Gasteiger partial charge is 0.224 e. The molecule has 0 unspecified atom stereocenters. The van der Waals surface area contributed by atoms with Crippen LogP contribution >= 0.6 is 0 Å². The largest absolute Gasteiger partial charge is 0.484 e. The van der Waals surface area contributed by atoms with E-state index in [9.17, 15) is 9.90 Å². The van der Waals surface area contributed by atoms with E-state index in [-0.39, 0.29) is 29.6 Å². The second-order valence-electron chi connectivity index (χ2n) is 14.2. The van der Waals surface area contributed by atoms with Crippen LogP contribution < -0.4 is 10.1 Å². The minimum atomic E-state index is -0.140. The fourth-order valence-corrected chi connectivity index (χ4v) is 7.14. The topological polar surface area (TPSA) is 92.0 Å². The van der Waals surface area contributed by atoms with E-state index in [4.69, 9.17) is 4.74 Å². The van der Waals surface area contributed by atoms with Gasteiger partial charge >= 0.3 is 0 Å². The summed E-state index contributed by atoms with van der Waals surface area (Å²) in [5, 5.41) is 21.9. The van der Waals surface area contributed by atoms with Crippen molar-refractivity contribution in [2.75, 3.05) is 18.9 Å². The van der Waals surface area contributed by atoms with Crippen molar-refractivity contribution in [3.05, 3.63) is 88.9 Å². The molecule has 2 N–H and O–H groups in total. The molecule has 3 atom stereocenters. The number of anilines is 1. The Balaban J connectivity index is 1.10. The van der Waals surface area contributed by atoms with E-state index in [1.165, 1.54) is 11.1 Å². The summed E-state index contributed by atoms with van der Waals surface area (Å²) >= 11 is 0. The lowest BCUT2D eigenvalue weighted by Gasteiger charge is -2.32. The second-order valence-corrected chi connectivity index (χ2v) is 14.2. The zero-order valence-electron chi connectivity index (χ0n) is 27.3. The number of rotatable bonds is 9. The van der Waals surface area contributed by atoms with Gasteiger partial charge in [-0.1, -0.05) is 51.1 Å². The van der Waals surface area contributed by atoms with Crippen LogP contribution in [0.4, 0.5) is 5.69 Å². The average Bonchev–Trinajstić information content (AvgIpc) is 3.60. The van der Waals surface area contributed by atoms with Crippen LogP contribution in [0.1, 0.15) is 113 Å². The Morgan fingerprint density at radius 3 is 2.62 bits per heavy atom. The van der Waals surface area contributed by atoms with Crippen LogP contribution in [0.2, 0.25) is 0 Å². The van der Waals surface area contributed by atoms with Crippen LogP contribution in [0, 0.1) is 0 Å². The minimum Gasteiger partial charge on any atom is -0.484 e. The summed E-state index contributed by atoms with van der Waals surface area (Å²) in [6.07, 6.45) is 8.39. The number of nitrogens with zero attached hydrogens (tertiary/aromatic N) is 4. The van der Waals surface area contributed by atoms with E-state index >= 15 is 0 Å². The van der Waals surface area contributed by atoms with Crippen LogP contribution in [0.15, 0.2) is 60.8 Å². The Kier molecular flexibility index (Phi) is 8.72. The predicted octanol–water partition coefficient (Wildman–Crippen LogP) is 7.27. The Morgan fingerprint density at radius 2 is 1.89 bits per heavy atom. The summed E-state index contributed by atoms with van der Waals surface area (Å²) in [6, 6.07) is 18.5. The predicted molar refractivity (Wildman–Crippen MR) is 178 cm³/mol. The number of aliphatic hydroxyl groups excluding tert-OH is 1. The SMILES string of the molecule is CN1CCC[C@@]1(C)c1nnc2ccc(O[C@@H]3CC[C@H](CCCC(=O)Nc4cc(CO)cc(C(C)(C)C)c4)c4ccccc43)cn12. The first-order valence-electron chi connectivity index (χ1n) is 16.4. The number of aliphatic hydroxyl groups is 1. The summed E-state index contributed by atoms with van der Waals surface area (Å²) in [5.41, 5.74) is 5.84. The molecule has 0 saturated carbocycles. The van der Waals surface area contributed by atoms with Gasteiger partial charge in [-0.15, -0.1) is 10.2 Å². The third kappa shape index (κ3) is 6.49. The lowest BCUT2D eigenvalue weighted by atomic mass is 9.79. The number of fused-ring (bicyclic) bond motifs is 2. The van der Waals surface area contributed by atoms with E-state index in [1.54, 1.807) is 0 Å². The first-order valence-corrected chi connectivity index (χ1v) is 16.4. The number of pyridine rings is 1. The second kappa shape index (κ2) is 12.6. The van der Waals surface area contributed by atoms with Gasteiger partial charge < -0.3 is 15.2 Å². The van der Waals surface area contributed by atoms with Gasteiger partial charge in [0.05, 0.1) is 18.3 Å². The summed E-state index contributed by atoms with van der Waals surface area (Å²) in [5.74, 6) is 2.19. The maximum Gasteiger partial charge on any atom is 0.224 e. The van der Waals surface area contributed by atoms with Crippen molar-refractivity contribution < 1.29 is 14.6 Å². The molecule has 1 fully saturated rings. The molecule has 45 heavy (non-hydrogen) atoms. The molecule has 8 heteroatoms. The first kappa shape index (κ1) is 31.2. The van der Waals surface area contributed by atoms with E-state index in [1.807, 2.05) is 30.3 Å². The Bertz CT molecular complexity index is 1670. The van der Waals surface area contributed by atoms with Crippen LogP contribution in [0.3, 0.4) is 0 Å². The molecule has 0 bridgehead atoms. The molecule has 0 spiro atoms. The molecule has 4 aromatic rings. The quantitative estimate of drug-likeness (QED) is 0.207. The van der Waals surface area contributed by atoms with Gasteiger partial charge in [0.2, 0.25) is 5.91 Å². The zero-order valence-corrected chi connectivity index (χ0v) is 27.3. The number of ether oxygens (including phenoxy) is 1. The molecule has 6 rings (SSSR count). The number of carbonyl (C=O) groups excluding carboxylic acids is 1. The highest BCUT2D eigenvalue weighted by Crippen LogP contribution is 2.42. The van der Waals surface area contributed by atoms with Crippen LogP contribution in [-0.4, -0.2) is 44.1 Å². The number of carbonyl (C=O) groups is 1. The van der Waals surface area contributed by atoms with Crippen molar-refractivity contribution in [3.63, 3.8) is 0 Å². The normalized spacial score (nSPS) is 22.0. The van der Waals surface area contributed by atoms with Crippen molar-refractivity contribution >= 4 is 17.2 Å². The fourth-order valence-electron chi connectivity index (χ4n) is 7.14. The minimum absolute atomic E-state index is 0.0108. The van der Waals surface area contributed by atoms with Gasteiger partial charge in [-0.2, -0.15) is 0 Å². The molecule has 0 radical (unpaired) electrons. The van der Waals surface area contributed by atoms with Gasteiger partial charge in [0.1, 0.15) is 11.9 Å². The number of likely N-dealkylation sites (tertiary alicyclic amines) is 1. The number of amides is 1. The lowest BCUT2D eigenvalue weighted by Crippen LogP contribution is -2.37. The van der Waals surface area contributed by atoms with Crippen LogP contribution in [0.25, 0.3) is 5.65 Å². The Morgan fingerprint density at radius 1 is 1.09 bits per heavy atom. The monoisotopic (exact) mass is 609 g/mol. The van der Waals surface area contributed by atoms with Crippen molar-refractivity contribution in [3.8, 4) is 5.75 Å². The summed E-state index contributed by atoms with van der Waals surface area (Å²) in [7, 11) is 2.16. The molecule has 2 aromatic heterocycles. The number of aromatic nitrogens is 3. The standard InChI is InChI=1S/C37H47N5O3/c1-36(2,3)27-20-25(24-43)21-28(22-27)38-34(44)13-8-10-26-14-16-32(31-12-7-6-11-30(26)31)45-29-15-17-33-39-40-35(42(33)23-29)37(4)18-9-19-41(37)5/h6-7,11-12,15,17,20-23,26,32,43H,8-10,13-14,16,18-19,24H2,1-5H3,(H,38,44)/t26-,32+,37-/m0/s1. The number of nitrogens with one attached hydrogen (secondary N) is 1. The maximum atomic E-state index is 12.9. The van der Waals surface area contributed by atoms with Gasteiger partial charge in [-0.25, -0.2) is 0 Å². The molecule has 1 saturated heterocycles. The number of hydrogen-bond donors (Lipinski definition) is 2. The summed E-state index contributed by atoms with van der Waals surface area (Å²) in [6.45, 7) is 9.66. The van der Waals surface area contributed by atoms with Gasteiger partial charge in [0.25, 0.3) is 0 Å². The molecule has 8 nitrogen and oxygen atoms in total. The molecule has 1 aliphatic heterocycles. The lowest BCUT2D eigenvalue weighted by molar-refractivity contribution is -0.116.